The third kappa shape index (κ3) is 4.19. The molecule has 2 aliphatic heterocycles. The van der Waals surface area contributed by atoms with Crippen LogP contribution in [0.4, 0.5) is 5.69 Å². The van der Waals surface area contributed by atoms with Crippen molar-refractivity contribution in [2.45, 2.75) is 33.1 Å². The number of imide groups is 1. The third-order valence-corrected chi connectivity index (χ3v) is 6.19. The summed E-state index contributed by atoms with van der Waals surface area (Å²) in [4.78, 5) is 30.4. The van der Waals surface area contributed by atoms with Crippen LogP contribution >= 0.6 is 11.6 Å². The van der Waals surface area contributed by atoms with Gasteiger partial charge in [0.2, 0.25) is 0 Å². The zero-order valence-electron chi connectivity index (χ0n) is 17.9. The summed E-state index contributed by atoms with van der Waals surface area (Å²) < 4.78 is 5.68. The molecule has 2 heterocycles. The predicted molar refractivity (Wildman–Crippen MR) is 123 cm³/mol. The van der Waals surface area contributed by atoms with Gasteiger partial charge in [-0.3, -0.25) is 9.59 Å². The molecule has 162 valence electrons. The molecule has 2 aromatic carbocycles. The summed E-state index contributed by atoms with van der Waals surface area (Å²) in [6.45, 7) is 6.42. The molecular formula is C25H27ClN2O3. The normalized spacial score (nSPS) is 17.6. The first-order valence-electron chi connectivity index (χ1n) is 10.9. The minimum atomic E-state index is -0.339. The first-order chi connectivity index (χ1) is 15.0. The van der Waals surface area contributed by atoms with Crippen LogP contribution in [0.1, 0.15) is 38.7 Å². The number of halogens is 1. The number of amides is 2. The van der Waals surface area contributed by atoms with Crippen LogP contribution in [0.25, 0.3) is 5.57 Å². The van der Waals surface area contributed by atoms with Crippen molar-refractivity contribution in [2.75, 3.05) is 24.6 Å². The number of carbonyl (C=O) groups is 2. The first kappa shape index (κ1) is 21.4. The van der Waals surface area contributed by atoms with E-state index in [0.29, 0.717) is 40.1 Å². The van der Waals surface area contributed by atoms with E-state index in [1.54, 1.807) is 24.3 Å². The van der Waals surface area contributed by atoms with E-state index in [1.807, 2.05) is 24.3 Å². The second kappa shape index (κ2) is 9.15. The lowest BCUT2D eigenvalue weighted by Crippen LogP contribution is -2.38. The molecule has 0 radical (unpaired) electrons. The van der Waals surface area contributed by atoms with Gasteiger partial charge in [-0.05, 0) is 55.0 Å². The average molecular weight is 439 g/mol. The molecule has 0 aromatic heterocycles. The molecule has 5 nitrogen and oxygen atoms in total. The standard InChI is InChI=1S/C25H27ClN2O3/c1-3-16-31-19-10-8-18(9-11-19)22-23(27-14-12-17(2)13-15-27)25(30)28(24(22)29)21-7-5-4-6-20(21)26/h4-11,17H,3,12-16H2,1-2H3. The van der Waals surface area contributed by atoms with Crippen molar-refractivity contribution in [3.8, 4) is 5.75 Å². The van der Waals surface area contributed by atoms with Crippen LogP contribution in [0.5, 0.6) is 5.75 Å². The molecule has 0 aliphatic carbocycles. The molecule has 0 bridgehead atoms. The van der Waals surface area contributed by atoms with Gasteiger partial charge in [-0.25, -0.2) is 4.90 Å². The summed E-state index contributed by atoms with van der Waals surface area (Å²) in [5.74, 6) is 0.712. The number of benzene rings is 2. The number of hydrogen-bond donors (Lipinski definition) is 0. The van der Waals surface area contributed by atoms with Crippen LogP contribution in [0.2, 0.25) is 5.02 Å². The Bertz CT molecular complexity index is 1010. The van der Waals surface area contributed by atoms with Crippen molar-refractivity contribution in [2.24, 2.45) is 5.92 Å². The van der Waals surface area contributed by atoms with Gasteiger partial charge in [0, 0.05) is 13.1 Å². The summed E-state index contributed by atoms with van der Waals surface area (Å²) >= 11 is 6.36. The molecule has 0 N–H and O–H groups in total. The minimum absolute atomic E-state index is 0.311. The highest BCUT2D eigenvalue weighted by molar-refractivity contribution is 6.47. The fourth-order valence-electron chi connectivity index (χ4n) is 4.09. The average Bonchev–Trinajstić information content (AvgIpc) is 3.04. The monoisotopic (exact) mass is 438 g/mol. The Morgan fingerprint density at radius 3 is 2.32 bits per heavy atom. The van der Waals surface area contributed by atoms with Gasteiger partial charge in [-0.2, -0.15) is 0 Å². The molecule has 0 saturated carbocycles. The summed E-state index contributed by atoms with van der Waals surface area (Å²) in [5, 5.41) is 0.375. The van der Waals surface area contributed by atoms with Crippen molar-refractivity contribution in [3.63, 3.8) is 0 Å². The Kier molecular flexibility index (Phi) is 6.33. The number of nitrogens with zero attached hydrogens (tertiary/aromatic N) is 2. The van der Waals surface area contributed by atoms with Crippen molar-refractivity contribution >= 4 is 34.7 Å². The summed E-state index contributed by atoms with van der Waals surface area (Å²) in [5.41, 5.74) is 2.03. The lowest BCUT2D eigenvalue weighted by molar-refractivity contribution is -0.120. The second-order valence-electron chi connectivity index (χ2n) is 8.16. The first-order valence-corrected chi connectivity index (χ1v) is 11.2. The zero-order valence-corrected chi connectivity index (χ0v) is 18.7. The maximum atomic E-state index is 13.6. The van der Waals surface area contributed by atoms with Crippen molar-refractivity contribution in [1.29, 1.82) is 0 Å². The van der Waals surface area contributed by atoms with Gasteiger partial charge in [-0.15, -0.1) is 0 Å². The number of para-hydroxylation sites is 1. The van der Waals surface area contributed by atoms with E-state index >= 15 is 0 Å². The minimum Gasteiger partial charge on any atom is -0.494 e. The smallest absolute Gasteiger partial charge is 0.282 e. The summed E-state index contributed by atoms with van der Waals surface area (Å²) in [6.07, 6.45) is 2.91. The Balaban J connectivity index is 1.75. The van der Waals surface area contributed by atoms with Gasteiger partial charge < -0.3 is 9.64 Å². The molecule has 0 atom stereocenters. The summed E-state index contributed by atoms with van der Waals surface area (Å²) in [7, 11) is 0. The van der Waals surface area contributed by atoms with E-state index in [9.17, 15) is 9.59 Å². The van der Waals surface area contributed by atoms with Gasteiger partial charge in [0.25, 0.3) is 11.8 Å². The van der Waals surface area contributed by atoms with Crippen LogP contribution in [0, 0.1) is 5.92 Å². The highest BCUT2D eigenvalue weighted by Gasteiger charge is 2.43. The Labute approximate surface area is 188 Å². The van der Waals surface area contributed by atoms with E-state index in [1.165, 1.54) is 4.90 Å². The fourth-order valence-corrected chi connectivity index (χ4v) is 4.31. The molecule has 2 aromatic rings. The quantitative estimate of drug-likeness (QED) is 0.585. The third-order valence-electron chi connectivity index (χ3n) is 5.87. The van der Waals surface area contributed by atoms with Crippen LogP contribution in [-0.4, -0.2) is 36.4 Å². The van der Waals surface area contributed by atoms with E-state index < -0.39 is 0 Å². The number of piperidine rings is 1. The maximum Gasteiger partial charge on any atom is 0.282 e. The molecule has 1 fully saturated rings. The molecule has 4 rings (SSSR count). The number of likely N-dealkylation sites (tertiary alicyclic amines) is 1. The van der Waals surface area contributed by atoms with Gasteiger partial charge >= 0.3 is 0 Å². The van der Waals surface area contributed by atoms with Crippen LogP contribution in [0.15, 0.2) is 54.2 Å². The molecule has 6 heteroatoms. The maximum absolute atomic E-state index is 13.6. The highest BCUT2D eigenvalue weighted by Crippen LogP contribution is 2.38. The predicted octanol–water partition coefficient (Wildman–Crippen LogP) is 5.15. The summed E-state index contributed by atoms with van der Waals surface area (Å²) in [6, 6.07) is 14.4. The highest BCUT2D eigenvalue weighted by atomic mass is 35.5. The number of rotatable bonds is 6. The van der Waals surface area contributed by atoms with E-state index in [0.717, 1.165) is 38.1 Å². The van der Waals surface area contributed by atoms with Crippen LogP contribution in [-0.2, 0) is 9.59 Å². The number of carbonyl (C=O) groups excluding carboxylic acids is 2. The Morgan fingerprint density at radius 1 is 1.00 bits per heavy atom. The Morgan fingerprint density at radius 2 is 1.68 bits per heavy atom. The molecule has 2 aliphatic rings. The Hall–Kier alpha value is -2.79. The van der Waals surface area contributed by atoms with Gasteiger partial charge in [0.1, 0.15) is 11.4 Å². The van der Waals surface area contributed by atoms with Gasteiger partial charge in [0.05, 0.1) is 22.9 Å². The van der Waals surface area contributed by atoms with Crippen molar-refractivity contribution in [3.05, 3.63) is 64.8 Å². The van der Waals surface area contributed by atoms with E-state index in [-0.39, 0.29) is 11.8 Å². The lowest BCUT2D eigenvalue weighted by Gasteiger charge is -2.32. The molecule has 0 spiro atoms. The SMILES string of the molecule is CCCOc1ccc(C2=C(N3CCC(C)CC3)C(=O)N(c3ccccc3Cl)C2=O)cc1. The zero-order chi connectivity index (χ0) is 22.0. The lowest BCUT2D eigenvalue weighted by atomic mass is 9.97. The second-order valence-corrected chi connectivity index (χ2v) is 8.57. The molecule has 1 saturated heterocycles. The van der Waals surface area contributed by atoms with Crippen LogP contribution in [0.3, 0.4) is 0 Å². The number of anilines is 1. The van der Waals surface area contributed by atoms with Gasteiger partial charge in [-0.1, -0.05) is 49.7 Å². The van der Waals surface area contributed by atoms with Crippen molar-refractivity contribution in [1.82, 2.24) is 4.90 Å². The molecule has 31 heavy (non-hydrogen) atoms. The van der Waals surface area contributed by atoms with Gasteiger partial charge in [0.15, 0.2) is 0 Å². The molecular weight excluding hydrogens is 412 g/mol. The fraction of sp³-hybridized carbons (Fsp3) is 0.360. The van der Waals surface area contributed by atoms with E-state index in [4.69, 9.17) is 16.3 Å². The van der Waals surface area contributed by atoms with Crippen LogP contribution < -0.4 is 9.64 Å². The number of ether oxygens (including phenoxy) is 1. The van der Waals surface area contributed by atoms with Crippen molar-refractivity contribution < 1.29 is 14.3 Å². The molecule has 2 amide bonds. The number of hydrogen-bond acceptors (Lipinski definition) is 4. The largest absolute Gasteiger partial charge is 0.494 e. The van der Waals surface area contributed by atoms with E-state index in [2.05, 4.69) is 18.7 Å². The molecule has 0 unspecified atom stereocenters. The topological polar surface area (TPSA) is 49.9 Å².